The monoisotopic (exact) mass is 454 g/mol. The number of benzene rings is 2. The number of aromatic nitrogens is 2. The summed E-state index contributed by atoms with van der Waals surface area (Å²) in [5, 5.41) is 7.70. The lowest BCUT2D eigenvalue weighted by molar-refractivity contribution is -0.116. The van der Waals surface area contributed by atoms with Gasteiger partial charge >= 0.3 is 0 Å². The molecule has 0 aliphatic carbocycles. The molecular weight excluding hydrogens is 424 g/mol. The maximum Gasteiger partial charge on any atom is 0.133 e. The van der Waals surface area contributed by atoms with E-state index in [1.165, 1.54) is 5.57 Å². The smallest absolute Gasteiger partial charge is 0.133 e. The summed E-state index contributed by atoms with van der Waals surface area (Å²) in [4.78, 5) is 11.2. The van der Waals surface area contributed by atoms with Crippen LogP contribution in [0, 0.1) is 6.92 Å². The van der Waals surface area contributed by atoms with E-state index in [0.29, 0.717) is 19.4 Å². The van der Waals surface area contributed by atoms with Gasteiger partial charge in [0.1, 0.15) is 23.9 Å². The predicted octanol–water partition coefficient (Wildman–Crippen LogP) is 6.93. The second-order valence-electron chi connectivity index (χ2n) is 8.57. The minimum Gasteiger partial charge on any atom is -0.489 e. The quantitative estimate of drug-likeness (QED) is 0.264. The number of aromatic amines is 1. The fraction of sp³-hybridized carbons (Fsp3) is 0.241. The van der Waals surface area contributed by atoms with Crippen LogP contribution in [0.1, 0.15) is 43.5 Å². The molecule has 5 heteroatoms. The molecule has 0 radical (unpaired) electrons. The van der Waals surface area contributed by atoms with E-state index in [1.54, 1.807) is 13.2 Å². The molecule has 0 bridgehead atoms. The number of nitrogens with one attached hydrogen (secondary N) is 1. The number of allylic oxidation sites excluding steroid dienone is 1. The number of carbonyl (C=O) groups is 1. The first-order valence-corrected chi connectivity index (χ1v) is 11.5. The molecule has 2 aromatic heterocycles. The minimum atomic E-state index is 0.209. The molecule has 34 heavy (non-hydrogen) atoms. The Bertz CT molecular complexity index is 1270. The minimum absolute atomic E-state index is 0.209. The highest BCUT2D eigenvalue weighted by Gasteiger charge is 2.15. The molecule has 4 aromatic rings. The second kappa shape index (κ2) is 10.8. The normalized spacial score (nSPS) is 11.6. The van der Waals surface area contributed by atoms with Gasteiger partial charge in [0.05, 0.1) is 17.7 Å². The molecule has 5 nitrogen and oxygen atoms in total. The van der Waals surface area contributed by atoms with Crippen LogP contribution in [0.15, 0.2) is 83.0 Å². The van der Waals surface area contributed by atoms with Crippen molar-refractivity contribution in [3.05, 3.63) is 95.4 Å². The Morgan fingerprint density at radius 3 is 2.50 bits per heavy atom. The zero-order valence-corrected chi connectivity index (χ0v) is 19.9. The standard InChI is InChI=1S/C29H30N2O3/c1-20(10-11-21(2)32)16-18-34-28-8-5-4-7-25(28)19-26-22(3)30-31-29(26)24-14-12-23(13-15-24)27-9-6-17-33-27/h4-9,12-17H,10-11,18-19H2,1-3H3,(H,30,31)/b20-16+. The van der Waals surface area contributed by atoms with Gasteiger partial charge in [-0.3, -0.25) is 5.10 Å². The van der Waals surface area contributed by atoms with Crippen molar-refractivity contribution in [2.75, 3.05) is 6.61 Å². The Morgan fingerprint density at radius 1 is 1.00 bits per heavy atom. The van der Waals surface area contributed by atoms with Gasteiger partial charge in [-0.05, 0) is 62.6 Å². The van der Waals surface area contributed by atoms with Crippen LogP contribution in [-0.2, 0) is 11.2 Å². The summed E-state index contributed by atoms with van der Waals surface area (Å²) in [6.07, 6.45) is 5.79. The van der Waals surface area contributed by atoms with Crippen LogP contribution in [0.25, 0.3) is 22.6 Å². The van der Waals surface area contributed by atoms with Crippen molar-refractivity contribution in [2.24, 2.45) is 0 Å². The lowest BCUT2D eigenvalue weighted by Crippen LogP contribution is -2.01. The maximum atomic E-state index is 11.2. The van der Waals surface area contributed by atoms with Crippen LogP contribution >= 0.6 is 0 Å². The SMILES string of the molecule is CC(=O)CC/C(C)=C/COc1ccccc1Cc1c(C)n[nH]c1-c1ccc(-c2ccco2)cc1. The first-order chi connectivity index (χ1) is 16.5. The largest absolute Gasteiger partial charge is 0.489 e. The maximum absolute atomic E-state index is 11.2. The Labute approximate surface area is 200 Å². The molecule has 0 unspecified atom stereocenters. The van der Waals surface area contributed by atoms with Gasteiger partial charge in [0.25, 0.3) is 0 Å². The van der Waals surface area contributed by atoms with Crippen molar-refractivity contribution in [3.8, 4) is 28.3 Å². The Balaban J connectivity index is 1.50. The van der Waals surface area contributed by atoms with E-state index in [1.807, 2.05) is 44.2 Å². The number of ether oxygens (including phenoxy) is 1. The molecule has 0 fully saturated rings. The number of H-pyrrole nitrogens is 1. The third-order valence-corrected chi connectivity index (χ3v) is 5.94. The highest BCUT2D eigenvalue weighted by molar-refractivity contribution is 5.75. The fourth-order valence-electron chi connectivity index (χ4n) is 3.88. The molecule has 0 amide bonds. The molecule has 2 aromatic carbocycles. The number of nitrogens with zero attached hydrogens (tertiary/aromatic N) is 1. The van der Waals surface area contributed by atoms with Gasteiger partial charge in [-0.1, -0.05) is 48.0 Å². The van der Waals surface area contributed by atoms with Gasteiger partial charge in [0, 0.05) is 24.0 Å². The first kappa shape index (κ1) is 23.3. The predicted molar refractivity (Wildman–Crippen MR) is 135 cm³/mol. The number of hydrogen-bond donors (Lipinski definition) is 1. The Hall–Kier alpha value is -3.86. The molecule has 0 atom stereocenters. The number of aryl methyl sites for hydroxylation is 1. The molecule has 0 saturated carbocycles. The molecular formula is C29H30N2O3. The molecule has 0 spiro atoms. The van der Waals surface area contributed by atoms with E-state index < -0.39 is 0 Å². The summed E-state index contributed by atoms with van der Waals surface area (Å²) in [6.45, 7) is 6.17. The number of hydrogen-bond acceptors (Lipinski definition) is 4. The number of rotatable bonds is 10. The second-order valence-corrected chi connectivity index (χ2v) is 8.57. The number of ketones is 1. The summed E-state index contributed by atoms with van der Waals surface area (Å²) < 4.78 is 11.6. The van der Waals surface area contributed by atoms with Crippen molar-refractivity contribution in [1.82, 2.24) is 10.2 Å². The van der Waals surface area contributed by atoms with Crippen molar-refractivity contribution in [2.45, 2.75) is 40.0 Å². The van der Waals surface area contributed by atoms with E-state index in [4.69, 9.17) is 9.15 Å². The summed E-state index contributed by atoms with van der Waals surface area (Å²) >= 11 is 0. The number of carbonyl (C=O) groups excluding carboxylic acids is 1. The van der Waals surface area contributed by atoms with Gasteiger partial charge < -0.3 is 13.9 Å². The van der Waals surface area contributed by atoms with Crippen molar-refractivity contribution < 1.29 is 13.9 Å². The van der Waals surface area contributed by atoms with Gasteiger partial charge in [0.2, 0.25) is 0 Å². The lowest BCUT2D eigenvalue weighted by Gasteiger charge is -2.12. The van der Waals surface area contributed by atoms with E-state index in [2.05, 4.69) is 46.6 Å². The van der Waals surface area contributed by atoms with Crippen LogP contribution in [0.2, 0.25) is 0 Å². The Morgan fingerprint density at radius 2 is 1.76 bits per heavy atom. The fourth-order valence-corrected chi connectivity index (χ4v) is 3.88. The van der Waals surface area contributed by atoms with E-state index in [0.717, 1.165) is 51.6 Å². The van der Waals surface area contributed by atoms with Crippen LogP contribution in [0.4, 0.5) is 0 Å². The average molecular weight is 455 g/mol. The average Bonchev–Trinajstić information content (AvgIpc) is 3.50. The first-order valence-electron chi connectivity index (χ1n) is 11.5. The van der Waals surface area contributed by atoms with E-state index >= 15 is 0 Å². The zero-order valence-electron chi connectivity index (χ0n) is 19.9. The van der Waals surface area contributed by atoms with Crippen LogP contribution in [0.3, 0.4) is 0 Å². The molecule has 0 saturated heterocycles. The van der Waals surface area contributed by atoms with Crippen molar-refractivity contribution >= 4 is 5.78 Å². The molecule has 0 aliphatic rings. The van der Waals surface area contributed by atoms with Gasteiger partial charge in [-0.25, -0.2) is 0 Å². The Kier molecular flexibility index (Phi) is 7.43. The van der Waals surface area contributed by atoms with E-state index in [-0.39, 0.29) is 5.78 Å². The van der Waals surface area contributed by atoms with Crippen LogP contribution in [-0.4, -0.2) is 22.6 Å². The third kappa shape index (κ3) is 5.73. The summed E-state index contributed by atoms with van der Waals surface area (Å²) in [7, 11) is 0. The molecule has 4 rings (SSSR count). The topological polar surface area (TPSA) is 68.1 Å². The van der Waals surface area contributed by atoms with Gasteiger partial charge in [0.15, 0.2) is 0 Å². The number of furan rings is 1. The highest BCUT2D eigenvalue weighted by atomic mass is 16.5. The molecule has 2 heterocycles. The highest BCUT2D eigenvalue weighted by Crippen LogP contribution is 2.31. The van der Waals surface area contributed by atoms with Crippen LogP contribution < -0.4 is 4.74 Å². The van der Waals surface area contributed by atoms with Crippen LogP contribution in [0.5, 0.6) is 5.75 Å². The van der Waals surface area contributed by atoms with Gasteiger partial charge in [-0.15, -0.1) is 0 Å². The lowest BCUT2D eigenvalue weighted by atomic mass is 9.98. The zero-order chi connectivity index (χ0) is 23.9. The summed E-state index contributed by atoms with van der Waals surface area (Å²) in [6, 6.07) is 20.3. The van der Waals surface area contributed by atoms with Crippen molar-refractivity contribution in [3.63, 3.8) is 0 Å². The number of para-hydroxylation sites is 1. The van der Waals surface area contributed by atoms with E-state index in [9.17, 15) is 4.79 Å². The van der Waals surface area contributed by atoms with Crippen molar-refractivity contribution in [1.29, 1.82) is 0 Å². The molecule has 1 N–H and O–H groups in total. The molecule has 0 aliphatic heterocycles. The molecule has 174 valence electrons. The summed E-state index contributed by atoms with van der Waals surface area (Å²) in [5.74, 6) is 1.92. The third-order valence-electron chi connectivity index (χ3n) is 5.94. The summed E-state index contributed by atoms with van der Waals surface area (Å²) in [5.41, 5.74) is 7.52. The van der Waals surface area contributed by atoms with Gasteiger partial charge in [-0.2, -0.15) is 5.10 Å². The number of Topliss-reactive ketones (excluding diaryl/α,β-unsaturated/α-hetero) is 1.